The summed E-state index contributed by atoms with van der Waals surface area (Å²) < 4.78 is 0. The number of carbonyl (C=O) groups excluding carboxylic acids is 2. The molecule has 2 rings (SSSR count). The van der Waals surface area contributed by atoms with Crippen LogP contribution in [0, 0.1) is 0 Å². The van der Waals surface area contributed by atoms with E-state index in [1.807, 2.05) is 0 Å². The molecule has 0 spiro atoms. The first kappa shape index (κ1) is 13.2. The van der Waals surface area contributed by atoms with E-state index in [0.29, 0.717) is 5.01 Å². The maximum absolute atomic E-state index is 10.3. The summed E-state index contributed by atoms with van der Waals surface area (Å²) in [6.07, 6.45) is 3.11. The Balaban J connectivity index is 0.000000171. The molecule has 90 valence electrons. The van der Waals surface area contributed by atoms with Crippen LogP contribution in [0.5, 0.6) is 0 Å². The average molecular weight is 271 g/mol. The van der Waals surface area contributed by atoms with E-state index in [-0.39, 0.29) is 5.71 Å². The maximum Gasteiger partial charge on any atom is 0.277 e. The highest BCUT2D eigenvalue weighted by molar-refractivity contribution is 8.00. The molecule has 2 amide bonds. The van der Waals surface area contributed by atoms with Gasteiger partial charge in [-0.2, -0.15) is 5.10 Å². The first-order valence-electron chi connectivity index (χ1n) is 4.25. The number of nitrogens with two attached hydrogens (primary N) is 2. The number of carbonyl (C=O) groups is 2. The fraction of sp³-hybridized carbons (Fsp3) is 0. The van der Waals surface area contributed by atoms with Crippen LogP contribution in [0.2, 0.25) is 0 Å². The van der Waals surface area contributed by atoms with Crippen LogP contribution in [0.25, 0.3) is 0 Å². The second-order valence-electron chi connectivity index (χ2n) is 2.57. The summed E-state index contributed by atoms with van der Waals surface area (Å²) in [6.45, 7) is 0. The van der Waals surface area contributed by atoms with Crippen molar-refractivity contribution in [2.75, 3.05) is 0 Å². The summed E-state index contributed by atoms with van der Waals surface area (Å²) in [5.74, 6) is -0.973. The molecule has 0 radical (unpaired) electrons. The molecule has 5 N–H and O–H groups in total. The molecule has 0 bridgehead atoms. The van der Waals surface area contributed by atoms with E-state index in [0.717, 1.165) is 0 Å². The Bertz CT molecular complexity index is 454. The van der Waals surface area contributed by atoms with Crippen molar-refractivity contribution in [3.05, 3.63) is 28.1 Å². The smallest absolute Gasteiger partial charge is 0.277 e. The molecule has 0 aromatic carbocycles. The zero-order valence-corrected chi connectivity index (χ0v) is 10.1. The normalized spacial score (nSPS) is 12.8. The van der Waals surface area contributed by atoms with Crippen molar-refractivity contribution < 1.29 is 9.59 Å². The molecule has 9 heteroatoms. The Hall–Kier alpha value is -1.87. The van der Waals surface area contributed by atoms with E-state index < -0.39 is 11.8 Å². The van der Waals surface area contributed by atoms with Crippen LogP contribution in [0.1, 0.15) is 9.80 Å². The monoisotopic (exact) mass is 271 g/mol. The summed E-state index contributed by atoms with van der Waals surface area (Å²) in [5.41, 5.74) is 10.0. The second kappa shape index (κ2) is 6.66. The molecule has 1 aromatic heterocycles. The van der Waals surface area contributed by atoms with Crippen LogP contribution in [0.4, 0.5) is 0 Å². The summed E-state index contributed by atoms with van der Waals surface area (Å²) in [5, 5.41) is 7.37. The van der Waals surface area contributed by atoms with Crippen molar-refractivity contribution in [2.24, 2.45) is 16.6 Å². The minimum Gasteiger partial charge on any atom is -0.364 e. The van der Waals surface area contributed by atoms with Crippen molar-refractivity contribution in [1.82, 2.24) is 9.82 Å². The number of aromatic nitrogens is 1. The molecule has 1 aliphatic heterocycles. The highest BCUT2D eigenvalue weighted by Gasteiger charge is 2.03. The van der Waals surface area contributed by atoms with Gasteiger partial charge in [0.05, 0.1) is 0 Å². The number of nitrogens with one attached hydrogen (secondary N) is 1. The molecule has 0 aliphatic carbocycles. The van der Waals surface area contributed by atoms with E-state index in [1.54, 1.807) is 23.1 Å². The molecule has 0 unspecified atom stereocenters. The molecule has 0 fully saturated rings. The van der Waals surface area contributed by atoms with Gasteiger partial charge in [0.15, 0.2) is 5.01 Å². The lowest BCUT2D eigenvalue weighted by Gasteiger charge is -2.00. The predicted octanol–water partition coefficient (Wildman–Crippen LogP) is -0.165. The van der Waals surface area contributed by atoms with Crippen molar-refractivity contribution in [3.63, 3.8) is 0 Å². The minimum atomic E-state index is -0.515. The maximum atomic E-state index is 10.3. The third kappa shape index (κ3) is 4.66. The molecule has 17 heavy (non-hydrogen) atoms. The second-order valence-corrected chi connectivity index (χ2v) is 4.16. The number of hydrazone groups is 1. The number of thiazole rings is 1. The first-order chi connectivity index (χ1) is 8.11. The lowest BCUT2D eigenvalue weighted by Crippen LogP contribution is -2.24. The fourth-order valence-electron chi connectivity index (χ4n) is 0.724. The van der Waals surface area contributed by atoms with Crippen LogP contribution in [0.15, 0.2) is 28.2 Å². The highest BCUT2D eigenvalue weighted by atomic mass is 32.2. The van der Waals surface area contributed by atoms with E-state index in [9.17, 15) is 9.59 Å². The Morgan fingerprint density at radius 2 is 2.06 bits per heavy atom. The number of primary amides is 2. The molecular weight excluding hydrogens is 262 g/mol. The standard InChI is InChI=1S/C4H5N3OS.C4H4N2OS/c5-4(8)3-1-2-9-7-6-3;5-3(7)4-6-1-2-8-4/h1-2,7H,(H2,5,8);1-2H,(H2,5,7). The van der Waals surface area contributed by atoms with Gasteiger partial charge in [0.2, 0.25) is 0 Å². The molecule has 0 saturated heterocycles. The molecule has 2 heterocycles. The van der Waals surface area contributed by atoms with Gasteiger partial charge in [-0.05, 0) is 23.4 Å². The van der Waals surface area contributed by atoms with Crippen molar-refractivity contribution >= 4 is 40.8 Å². The van der Waals surface area contributed by atoms with Gasteiger partial charge in [-0.3, -0.25) is 9.59 Å². The third-order valence-electron chi connectivity index (χ3n) is 1.41. The molecule has 1 aromatic rings. The fourth-order valence-corrected chi connectivity index (χ4v) is 1.62. The van der Waals surface area contributed by atoms with Crippen molar-refractivity contribution in [2.45, 2.75) is 0 Å². The molecule has 0 atom stereocenters. The number of hydrogen-bond donors (Lipinski definition) is 3. The third-order valence-corrected chi connectivity index (χ3v) is 2.66. The Morgan fingerprint density at radius 3 is 2.35 bits per heavy atom. The average Bonchev–Trinajstić information content (AvgIpc) is 2.84. The molecule has 1 aliphatic rings. The zero-order chi connectivity index (χ0) is 12.7. The van der Waals surface area contributed by atoms with Gasteiger partial charge < -0.3 is 11.5 Å². The van der Waals surface area contributed by atoms with Gasteiger partial charge in [0.1, 0.15) is 5.71 Å². The Kier molecular flexibility index (Phi) is 5.17. The van der Waals surface area contributed by atoms with Crippen molar-refractivity contribution in [1.29, 1.82) is 0 Å². The molecule has 7 nitrogen and oxygen atoms in total. The quantitative estimate of drug-likeness (QED) is 0.644. The van der Waals surface area contributed by atoms with E-state index in [4.69, 9.17) is 11.5 Å². The van der Waals surface area contributed by atoms with E-state index in [1.165, 1.54) is 23.3 Å². The van der Waals surface area contributed by atoms with Gasteiger partial charge in [-0.25, -0.2) is 9.82 Å². The summed E-state index contributed by atoms with van der Waals surface area (Å²) in [6, 6.07) is 0. The number of hydrogen-bond acceptors (Lipinski definition) is 7. The number of amides is 2. The first-order valence-corrected chi connectivity index (χ1v) is 6.01. The van der Waals surface area contributed by atoms with Crippen LogP contribution in [0.3, 0.4) is 0 Å². The van der Waals surface area contributed by atoms with Crippen molar-refractivity contribution in [3.8, 4) is 0 Å². The van der Waals surface area contributed by atoms with E-state index >= 15 is 0 Å². The SMILES string of the molecule is NC(=O)C1=NNSC=C1.NC(=O)c1nccs1. The molecule has 0 saturated carbocycles. The molecular formula is C8H9N5O2S2. The largest absolute Gasteiger partial charge is 0.364 e. The summed E-state index contributed by atoms with van der Waals surface area (Å²) in [7, 11) is 0. The number of nitrogens with zero attached hydrogens (tertiary/aromatic N) is 2. The minimum absolute atomic E-state index is 0.258. The topological polar surface area (TPSA) is 123 Å². The van der Waals surface area contributed by atoms with Gasteiger partial charge in [-0.1, -0.05) is 0 Å². The van der Waals surface area contributed by atoms with Gasteiger partial charge >= 0.3 is 0 Å². The van der Waals surface area contributed by atoms with E-state index in [2.05, 4.69) is 14.9 Å². The zero-order valence-electron chi connectivity index (χ0n) is 8.49. The van der Waals surface area contributed by atoms with Crippen LogP contribution in [-0.4, -0.2) is 22.5 Å². The number of rotatable bonds is 2. The lowest BCUT2D eigenvalue weighted by atomic mass is 10.4. The predicted molar refractivity (Wildman–Crippen MR) is 67.1 cm³/mol. The van der Waals surface area contributed by atoms with Crippen LogP contribution >= 0.6 is 23.3 Å². The van der Waals surface area contributed by atoms with Gasteiger partial charge in [0, 0.05) is 11.6 Å². The summed E-state index contributed by atoms with van der Waals surface area (Å²) in [4.78, 5) is 26.8. The van der Waals surface area contributed by atoms with Crippen LogP contribution < -0.4 is 16.3 Å². The van der Waals surface area contributed by atoms with Crippen LogP contribution in [-0.2, 0) is 4.79 Å². The Morgan fingerprint density at radius 1 is 1.29 bits per heavy atom. The highest BCUT2D eigenvalue weighted by Crippen LogP contribution is 2.01. The van der Waals surface area contributed by atoms with Gasteiger partial charge in [0.25, 0.3) is 11.8 Å². The lowest BCUT2D eigenvalue weighted by molar-refractivity contribution is -0.111. The summed E-state index contributed by atoms with van der Waals surface area (Å²) >= 11 is 2.54. The van der Waals surface area contributed by atoms with Gasteiger partial charge in [-0.15, -0.1) is 11.3 Å². The Labute approximate surface area is 105 Å².